The van der Waals surface area contributed by atoms with Crippen LogP contribution in [0.1, 0.15) is 25.1 Å². The number of fused-ring (bicyclic) bond motifs is 1. The van der Waals surface area contributed by atoms with Crippen LogP contribution in [-0.4, -0.2) is 32.2 Å². The fourth-order valence-corrected chi connectivity index (χ4v) is 4.71. The van der Waals surface area contributed by atoms with Crippen LogP contribution < -0.4 is 10.2 Å². The smallest absolute Gasteiger partial charge is 0.322 e. The Morgan fingerprint density at radius 3 is 2.34 bits per heavy atom. The summed E-state index contributed by atoms with van der Waals surface area (Å²) in [5.41, 5.74) is 4.14. The zero-order valence-electron chi connectivity index (χ0n) is 18.1. The molecule has 8 heteroatoms. The number of halogens is 1. The Bertz CT molecular complexity index is 1270. The van der Waals surface area contributed by atoms with Gasteiger partial charge in [0.1, 0.15) is 0 Å². The minimum absolute atomic E-state index is 0.206. The molecule has 0 atom stereocenters. The Morgan fingerprint density at radius 2 is 1.72 bits per heavy atom. The number of amides is 2. The Kier molecular flexibility index (Phi) is 5.85. The normalized spacial score (nSPS) is 14.8. The summed E-state index contributed by atoms with van der Waals surface area (Å²) in [6.07, 6.45) is 1.17. The maximum absolute atomic E-state index is 13.0. The van der Waals surface area contributed by atoms with Gasteiger partial charge in [-0.1, -0.05) is 54.0 Å². The van der Waals surface area contributed by atoms with E-state index in [0.29, 0.717) is 13.1 Å². The third-order valence-electron chi connectivity index (χ3n) is 5.54. The van der Waals surface area contributed by atoms with Gasteiger partial charge in [0.05, 0.1) is 22.0 Å². The first kappa shape index (κ1) is 22.5. The number of carbonyl (C=O) groups is 1. The van der Waals surface area contributed by atoms with E-state index in [4.69, 9.17) is 4.98 Å². The van der Waals surface area contributed by atoms with E-state index in [1.54, 1.807) is 29.2 Å². The minimum atomic E-state index is -3.24. The Labute approximate surface area is 196 Å². The van der Waals surface area contributed by atoms with E-state index in [9.17, 15) is 13.2 Å². The first-order valence-electron chi connectivity index (χ1n) is 10.2. The van der Waals surface area contributed by atoms with Gasteiger partial charge < -0.3 is 5.32 Å². The highest BCUT2D eigenvalue weighted by Gasteiger charge is 2.39. The van der Waals surface area contributed by atoms with Gasteiger partial charge in [0.2, 0.25) is 0 Å². The van der Waals surface area contributed by atoms with Crippen molar-refractivity contribution in [3.05, 3.63) is 76.4 Å². The average Bonchev–Trinajstić information content (AvgIpc) is 3.03. The Balaban J connectivity index is 1.52. The van der Waals surface area contributed by atoms with Gasteiger partial charge in [0.15, 0.2) is 9.84 Å². The number of sulfone groups is 1. The fourth-order valence-electron chi connectivity index (χ4n) is 3.81. The maximum Gasteiger partial charge on any atom is 0.322 e. The van der Waals surface area contributed by atoms with Gasteiger partial charge in [-0.15, -0.1) is 0 Å². The van der Waals surface area contributed by atoms with Crippen LogP contribution in [0.25, 0.3) is 11.3 Å². The molecule has 1 aliphatic heterocycles. The number of carbonyl (C=O) groups excluding carboxylic acids is 1. The molecule has 6 nitrogen and oxygen atoms in total. The summed E-state index contributed by atoms with van der Waals surface area (Å²) in [6.45, 7) is 5.00. The molecule has 0 bridgehead atoms. The highest BCUT2D eigenvalue weighted by atomic mass is 79.9. The second-order valence-corrected chi connectivity index (χ2v) is 11.5. The van der Waals surface area contributed by atoms with Crippen LogP contribution in [0.2, 0.25) is 0 Å². The van der Waals surface area contributed by atoms with Gasteiger partial charge in [0.25, 0.3) is 0 Å². The lowest BCUT2D eigenvalue weighted by Gasteiger charge is -2.20. The molecule has 2 heterocycles. The zero-order valence-corrected chi connectivity index (χ0v) is 20.5. The minimum Gasteiger partial charge on any atom is -0.334 e. The lowest BCUT2D eigenvalue weighted by molar-refractivity contribution is 0.245. The lowest BCUT2D eigenvalue weighted by Crippen LogP contribution is -2.41. The van der Waals surface area contributed by atoms with Crippen molar-refractivity contribution in [1.82, 2.24) is 10.3 Å². The van der Waals surface area contributed by atoms with Crippen molar-refractivity contribution < 1.29 is 13.2 Å². The van der Waals surface area contributed by atoms with Crippen LogP contribution in [0.4, 0.5) is 10.5 Å². The first-order chi connectivity index (χ1) is 15.0. The standard InChI is InChI=1S/C24H24BrN3O3S/c1-24(2)15-28(23(29)26-14-16-4-10-19(11-5-16)32(3,30)31)21-13-12-20(27-22(21)24)17-6-8-18(25)9-7-17/h4-13H,14-15H2,1-3H3,(H,26,29). The molecular formula is C24H24BrN3O3S. The number of pyridine rings is 1. The summed E-state index contributed by atoms with van der Waals surface area (Å²) in [4.78, 5) is 19.8. The van der Waals surface area contributed by atoms with Crippen LogP contribution in [0, 0.1) is 0 Å². The topological polar surface area (TPSA) is 79.4 Å². The summed E-state index contributed by atoms with van der Waals surface area (Å²) in [5.74, 6) is 0. The molecule has 0 unspecified atom stereocenters. The lowest BCUT2D eigenvalue weighted by atomic mass is 9.91. The van der Waals surface area contributed by atoms with Gasteiger partial charge in [-0.3, -0.25) is 9.88 Å². The zero-order chi connectivity index (χ0) is 23.1. The molecule has 0 radical (unpaired) electrons. The second kappa shape index (κ2) is 8.33. The van der Waals surface area contributed by atoms with Crippen molar-refractivity contribution >= 4 is 37.5 Å². The number of hydrogen-bond donors (Lipinski definition) is 1. The highest BCUT2D eigenvalue weighted by Crippen LogP contribution is 2.40. The Hall–Kier alpha value is -2.71. The Morgan fingerprint density at radius 1 is 1.06 bits per heavy atom. The molecule has 2 amide bonds. The van der Waals surface area contributed by atoms with Gasteiger partial charge >= 0.3 is 6.03 Å². The monoisotopic (exact) mass is 513 g/mol. The average molecular weight is 514 g/mol. The number of nitrogens with zero attached hydrogens (tertiary/aromatic N) is 2. The molecule has 1 aliphatic rings. The third kappa shape index (κ3) is 4.56. The third-order valence-corrected chi connectivity index (χ3v) is 7.20. The van der Waals surface area contributed by atoms with E-state index in [1.807, 2.05) is 36.4 Å². The number of anilines is 1. The molecule has 0 fully saturated rings. The molecule has 0 aliphatic carbocycles. The molecule has 0 saturated heterocycles. The first-order valence-corrected chi connectivity index (χ1v) is 12.8. The summed E-state index contributed by atoms with van der Waals surface area (Å²) < 4.78 is 24.2. The van der Waals surface area contributed by atoms with E-state index in [1.165, 1.54) is 6.26 Å². The molecule has 1 aromatic heterocycles. The predicted octanol–water partition coefficient (Wildman–Crippen LogP) is 4.92. The molecule has 3 aromatic rings. The van der Waals surface area contributed by atoms with Crippen molar-refractivity contribution in [1.29, 1.82) is 0 Å². The predicted molar refractivity (Wildman–Crippen MR) is 130 cm³/mol. The van der Waals surface area contributed by atoms with E-state index in [0.717, 1.165) is 32.7 Å². The van der Waals surface area contributed by atoms with Crippen LogP contribution >= 0.6 is 15.9 Å². The number of urea groups is 1. The SMILES string of the molecule is CC1(C)CN(C(=O)NCc2ccc(S(C)(=O)=O)cc2)c2ccc(-c3ccc(Br)cc3)nc21. The highest BCUT2D eigenvalue weighted by molar-refractivity contribution is 9.10. The number of aromatic nitrogens is 1. The molecule has 1 N–H and O–H groups in total. The van der Waals surface area contributed by atoms with Crippen molar-refractivity contribution in [3.63, 3.8) is 0 Å². The summed E-state index contributed by atoms with van der Waals surface area (Å²) in [6, 6.07) is 18.2. The second-order valence-electron chi connectivity index (χ2n) is 8.62. The summed E-state index contributed by atoms with van der Waals surface area (Å²) in [5, 5.41) is 2.93. The van der Waals surface area contributed by atoms with E-state index < -0.39 is 9.84 Å². The quantitative estimate of drug-likeness (QED) is 0.536. The van der Waals surface area contributed by atoms with Crippen molar-refractivity contribution in [2.24, 2.45) is 0 Å². The molecule has 32 heavy (non-hydrogen) atoms. The maximum atomic E-state index is 13.0. The number of nitrogens with one attached hydrogen (secondary N) is 1. The number of rotatable bonds is 4. The fraction of sp³-hybridized carbons (Fsp3) is 0.250. The summed E-state index contributed by atoms with van der Waals surface area (Å²) >= 11 is 3.45. The van der Waals surface area contributed by atoms with E-state index in [-0.39, 0.29) is 16.3 Å². The van der Waals surface area contributed by atoms with Gasteiger partial charge in [-0.05, 0) is 42.0 Å². The molecule has 166 valence electrons. The van der Waals surface area contributed by atoms with Crippen LogP contribution in [0.3, 0.4) is 0 Å². The molecule has 0 saturated carbocycles. The molecule has 2 aromatic carbocycles. The number of hydrogen-bond acceptors (Lipinski definition) is 4. The van der Waals surface area contributed by atoms with E-state index >= 15 is 0 Å². The van der Waals surface area contributed by atoms with Crippen molar-refractivity contribution in [2.75, 3.05) is 17.7 Å². The summed E-state index contributed by atoms with van der Waals surface area (Å²) in [7, 11) is -3.24. The van der Waals surface area contributed by atoms with Gasteiger partial charge in [0, 0.05) is 34.8 Å². The van der Waals surface area contributed by atoms with Crippen LogP contribution in [0.5, 0.6) is 0 Å². The van der Waals surface area contributed by atoms with Crippen molar-refractivity contribution in [2.45, 2.75) is 30.7 Å². The van der Waals surface area contributed by atoms with Crippen LogP contribution in [-0.2, 0) is 21.8 Å². The number of benzene rings is 2. The largest absolute Gasteiger partial charge is 0.334 e. The van der Waals surface area contributed by atoms with Gasteiger partial charge in [-0.2, -0.15) is 0 Å². The van der Waals surface area contributed by atoms with Gasteiger partial charge in [-0.25, -0.2) is 13.2 Å². The van der Waals surface area contributed by atoms with Crippen LogP contribution in [0.15, 0.2) is 70.0 Å². The molecule has 0 spiro atoms. The van der Waals surface area contributed by atoms with E-state index in [2.05, 4.69) is 35.1 Å². The molecule has 4 rings (SSSR count). The molecular weight excluding hydrogens is 490 g/mol. The van der Waals surface area contributed by atoms with Crippen molar-refractivity contribution in [3.8, 4) is 11.3 Å².